The summed E-state index contributed by atoms with van der Waals surface area (Å²) < 4.78 is 33.5. The summed E-state index contributed by atoms with van der Waals surface area (Å²) in [5.74, 6) is -2.34. The third-order valence-electron chi connectivity index (χ3n) is 6.99. The minimum atomic E-state index is -4.45. The number of hydrogen-bond acceptors (Lipinski definition) is 9. The van der Waals surface area contributed by atoms with Crippen molar-refractivity contribution < 1.29 is 57.1 Å². The van der Waals surface area contributed by atoms with Crippen LogP contribution in [0.5, 0.6) is 0 Å². The molecule has 3 atom stereocenters. The van der Waals surface area contributed by atoms with Gasteiger partial charge in [-0.05, 0) is 25.3 Å². The Kier molecular flexibility index (Phi) is 25.2. The van der Waals surface area contributed by atoms with E-state index in [4.69, 9.17) is 23.6 Å². The number of phosphoric ester groups is 1. The molecular weight excluding hydrogens is 605 g/mol. The van der Waals surface area contributed by atoms with Gasteiger partial charge in [0.1, 0.15) is 19.8 Å². The first-order valence-electron chi connectivity index (χ1n) is 16.6. The van der Waals surface area contributed by atoms with Crippen molar-refractivity contribution in [2.24, 2.45) is 0 Å². The molecule has 0 heterocycles. The van der Waals surface area contributed by atoms with Crippen LogP contribution >= 0.6 is 7.82 Å². The van der Waals surface area contributed by atoms with Crippen molar-refractivity contribution in [2.45, 2.75) is 128 Å². The van der Waals surface area contributed by atoms with Crippen LogP contribution in [0.25, 0.3) is 0 Å². The second-order valence-electron chi connectivity index (χ2n) is 12.6. The Hall–Kier alpha value is -1.82. The van der Waals surface area contributed by atoms with Crippen LogP contribution in [-0.2, 0) is 37.5 Å². The van der Waals surface area contributed by atoms with Crippen LogP contribution in [0.1, 0.15) is 116 Å². The van der Waals surface area contributed by atoms with Gasteiger partial charge in [-0.2, -0.15) is 0 Å². The molecule has 45 heavy (non-hydrogen) atoms. The maximum atomic E-state index is 12.4. The number of esters is 2. The number of ether oxygens (including phenoxy) is 2. The van der Waals surface area contributed by atoms with E-state index in [1.165, 1.54) is 57.8 Å². The van der Waals surface area contributed by atoms with Crippen molar-refractivity contribution >= 4 is 25.7 Å². The Balaban J connectivity index is 4.52. The minimum absolute atomic E-state index is 0.0332. The second kappa shape index (κ2) is 26.3. The van der Waals surface area contributed by atoms with Crippen molar-refractivity contribution in [1.82, 2.24) is 0 Å². The minimum Gasteiger partial charge on any atom is -0.478 e. The summed E-state index contributed by atoms with van der Waals surface area (Å²) in [5, 5.41) is 18.4. The third-order valence-corrected chi connectivity index (χ3v) is 7.98. The molecule has 0 aliphatic carbocycles. The zero-order chi connectivity index (χ0) is 34.0. The first kappa shape index (κ1) is 43.2. The van der Waals surface area contributed by atoms with Crippen molar-refractivity contribution in [3.8, 4) is 0 Å². The van der Waals surface area contributed by atoms with Gasteiger partial charge in [0.05, 0.1) is 33.9 Å². The van der Waals surface area contributed by atoms with E-state index >= 15 is 0 Å². The number of hydrogen-bond donors (Lipinski definition) is 3. The maximum Gasteiger partial charge on any atom is 0.472 e. The number of aliphatic hydroxyl groups is 1. The summed E-state index contributed by atoms with van der Waals surface area (Å²) in [6, 6.07) is 0. The van der Waals surface area contributed by atoms with Crippen molar-refractivity contribution in [3.63, 3.8) is 0 Å². The van der Waals surface area contributed by atoms with Crippen LogP contribution in [0.4, 0.5) is 0 Å². The van der Waals surface area contributed by atoms with E-state index < -0.39 is 44.5 Å². The molecule has 2 unspecified atom stereocenters. The van der Waals surface area contributed by atoms with Crippen molar-refractivity contribution in [3.05, 3.63) is 12.2 Å². The summed E-state index contributed by atoms with van der Waals surface area (Å²) in [5.41, 5.74) is 0. The smallest absolute Gasteiger partial charge is 0.472 e. The Bertz CT molecular complexity index is 876. The van der Waals surface area contributed by atoms with E-state index in [0.717, 1.165) is 31.4 Å². The lowest BCUT2D eigenvalue weighted by Crippen LogP contribution is -2.37. The Morgan fingerprint density at radius 3 is 1.84 bits per heavy atom. The van der Waals surface area contributed by atoms with Gasteiger partial charge in [0.2, 0.25) is 0 Å². The molecule has 264 valence electrons. The summed E-state index contributed by atoms with van der Waals surface area (Å²) in [7, 11) is 1.25. The molecule has 0 amide bonds. The molecule has 0 aromatic heterocycles. The predicted octanol–water partition coefficient (Wildman–Crippen LogP) is 5.93. The Morgan fingerprint density at radius 2 is 1.31 bits per heavy atom. The average molecular weight is 667 g/mol. The SMILES string of the molecule is CCCCCCCCCCCCCCCC(=O)OC[C@@H](COP(=O)(O)OCC[N+](C)(C)C)OC(=O)CCCC(O)/C=C/C(=O)O. The quantitative estimate of drug-likeness (QED) is 0.0273. The lowest BCUT2D eigenvalue weighted by Gasteiger charge is -2.24. The van der Waals surface area contributed by atoms with Crippen LogP contribution < -0.4 is 0 Å². The lowest BCUT2D eigenvalue weighted by atomic mass is 10.0. The highest BCUT2D eigenvalue weighted by molar-refractivity contribution is 7.47. The van der Waals surface area contributed by atoms with Crippen LogP contribution in [-0.4, -0.2) is 97.2 Å². The van der Waals surface area contributed by atoms with E-state index in [1.807, 2.05) is 21.1 Å². The number of carbonyl (C=O) groups is 3. The first-order chi connectivity index (χ1) is 21.2. The van der Waals surface area contributed by atoms with Crippen LogP contribution in [0.2, 0.25) is 0 Å². The van der Waals surface area contributed by atoms with Crippen LogP contribution in [0.15, 0.2) is 12.2 Å². The van der Waals surface area contributed by atoms with E-state index in [2.05, 4.69) is 6.92 Å². The highest BCUT2D eigenvalue weighted by Crippen LogP contribution is 2.43. The molecule has 0 aliphatic heterocycles. The molecule has 0 aliphatic rings. The predicted molar refractivity (Wildman–Crippen MR) is 172 cm³/mol. The van der Waals surface area contributed by atoms with Crippen LogP contribution in [0.3, 0.4) is 0 Å². The Morgan fingerprint density at radius 1 is 0.778 bits per heavy atom. The molecule has 0 spiro atoms. The van der Waals surface area contributed by atoms with Gasteiger partial charge in [-0.3, -0.25) is 18.6 Å². The van der Waals surface area contributed by atoms with E-state index in [9.17, 15) is 28.9 Å². The Labute approximate surface area is 270 Å². The van der Waals surface area contributed by atoms with Gasteiger partial charge in [-0.15, -0.1) is 0 Å². The molecule has 0 radical (unpaired) electrons. The van der Waals surface area contributed by atoms with Gasteiger partial charge in [-0.1, -0.05) is 84.0 Å². The highest BCUT2D eigenvalue weighted by atomic mass is 31.2. The van der Waals surface area contributed by atoms with Gasteiger partial charge >= 0.3 is 25.7 Å². The number of quaternary nitrogens is 1. The molecule has 0 aromatic carbocycles. The van der Waals surface area contributed by atoms with Crippen molar-refractivity contribution in [1.29, 1.82) is 0 Å². The molecule has 12 nitrogen and oxygen atoms in total. The fourth-order valence-corrected chi connectivity index (χ4v) is 5.04. The largest absolute Gasteiger partial charge is 0.478 e. The molecule has 0 saturated carbocycles. The number of nitrogens with zero attached hydrogens (tertiary/aromatic N) is 1. The molecular formula is C32H61NO11P+. The summed E-state index contributed by atoms with van der Waals surface area (Å²) in [6.45, 7) is 1.77. The molecule has 3 N–H and O–H groups in total. The lowest BCUT2D eigenvalue weighted by molar-refractivity contribution is -0.870. The zero-order valence-corrected chi connectivity index (χ0v) is 29.1. The second-order valence-corrected chi connectivity index (χ2v) is 14.0. The third kappa shape index (κ3) is 30.6. The van der Waals surface area contributed by atoms with E-state index in [0.29, 0.717) is 17.4 Å². The number of likely N-dealkylation sites (N-methyl/N-ethyl adjacent to an activating group) is 1. The monoisotopic (exact) mass is 666 g/mol. The van der Waals surface area contributed by atoms with Crippen LogP contribution in [0, 0.1) is 0 Å². The number of carboxylic acid groups (broad SMARTS) is 1. The summed E-state index contributed by atoms with van der Waals surface area (Å²) in [6.07, 6.45) is 15.6. The first-order valence-corrected chi connectivity index (χ1v) is 18.1. The summed E-state index contributed by atoms with van der Waals surface area (Å²) >= 11 is 0. The van der Waals surface area contributed by atoms with Gasteiger partial charge in [0.15, 0.2) is 6.10 Å². The molecule has 0 fully saturated rings. The fourth-order valence-electron chi connectivity index (χ4n) is 4.30. The van der Waals surface area contributed by atoms with Gasteiger partial charge in [0.25, 0.3) is 0 Å². The average Bonchev–Trinajstić information content (AvgIpc) is 2.95. The molecule has 0 bridgehead atoms. The number of carboxylic acids is 1. The number of aliphatic hydroxyl groups excluding tert-OH is 1. The number of carbonyl (C=O) groups excluding carboxylic acids is 2. The molecule has 0 saturated heterocycles. The summed E-state index contributed by atoms with van der Waals surface area (Å²) in [4.78, 5) is 45.3. The highest BCUT2D eigenvalue weighted by Gasteiger charge is 2.27. The van der Waals surface area contributed by atoms with Gasteiger partial charge in [-0.25, -0.2) is 9.36 Å². The van der Waals surface area contributed by atoms with E-state index in [-0.39, 0.29) is 38.9 Å². The van der Waals surface area contributed by atoms with E-state index in [1.54, 1.807) is 0 Å². The molecule has 0 aromatic rings. The number of unbranched alkanes of at least 4 members (excludes halogenated alkanes) is 12. The number of rotatable bonds is 30. The van der Waals surface area contributed by atoms with Gasteiger partial charge in [0, 0.05) is 18.9 Å². The zero-order valence-electron chi connectivity index (χ0n) is 28.2. The molecule has 13 heteroatoms. The number of phosphoric acid groups is 1. The molecule has 0 rings (SSSR count). The number of aliphatic carboxylic acids is 1. The van der Waals surface area contributed by atoms with Gasteiger partial charge < -0.3 is 29.1 Å². The standard InChI is InChI=1S/C32H60NO11P/c1-5-6-7-8-9-10-11-12-13-14-15-16-17-20-31(37)41-26-29(27-43-45(39,40)42-25-24-33(2,3)4)44-32(38)21-18-19-28(34)22-23-30(35)36/h22-23,28-29,34H,5-21,24-27H2,1-4H3,(H-,35,36,39,40)/p+1/b23-22+/t28?,29-/m0/s1. The fraction of sp³-hybridized carbons (Fsp3) is 0.844. The normalized spacial score (nSPS) is 14.6. The topological polar surface area (TPSA) is 166 Å². The van der Waals surface area contributed by atoms with Crippen molar-refractivity contribution in [2.75, 3.05) is 47.5 Å². The maximum absolute atomic E-state index is 12.4.